The molecule has 2 aromatic rings. The number of amides is 1. The zero-order valence-corrected chi connectivity index (χ0v) is 14.3. The summed E-state index contributed by atoms with van der Waals surface area (Å²) in [5.41, 5.74) is 1.85. The van der Waals surface area contributed by atoms with Crippen LogP contribution in [0.4, 0.5) is 4.79 Å². The second-order valence-electron chi connectivity index (χ2n) is 6.20. The predicted molar refractivity (Wildman–Crippen MR) is 94.4 cm³/mol. The van der Waals surface area contributed by atoms with E-state index in [1.54, 1.807) is 0 Å². The molecule has 1 aliphatic heterocycles. The number of benzene rings is 2. The maximum absolute atomic E-state index is 12.3. The smallest absolute Gasteiger partial charge is 0.410 e. The first-order chi connectivity index (χ1) is 12.6. The van der Waals surface area contributed by atoms with E-state index in [1.807, 2.05) is 60.7 Å². The van der Waals surface area contributed by atoms with Crippen LogP contribution in [0.15, 0.2) is 60.7 Å². The lowest BCUT2D eigenvalue weighted by Gasteiger charge is -2.20. The summed E-state index contributed by atoms with van der Waals surface area (Å²) in [5.74, 6) is -1.05. The number of carbonyl (C=O) groups is 2. The Hall–Kier alpha value is -2.86. The number of carboxylic acids is 1. The molecule has 136 valence electrons. The fraction of sp³-hybridized carbons (Fsp3) is 0.300. The Bertz CT molecular complexity index is 734. The monoisotopic (exact) mass is 355 g/mol. The summed E-state index contributed by atoms with van der Waals surface area (Å²) in [6.07, 6.45) is -0.713. The molecule has 2 aromatic carbocycles. The van der Waals surface area contributed by atoms with Gasteiger partial charge in [-0.2, -0.15) is 0 Å². The molecule has 3 rings (SSSR count). The summed E-state index contributed by atoms with van der Waals surface area (Å²) in [4.78, 5) is 25.1. The molecule has 0 aromatic heterocycles. The Morgan fingerprint density at radius 3 is 2.12 bits per heavy atom. The van der Waals surface area contributed by atoms with Crippen LogP contribution in [0.25, 0.3) is 0 Å². The Morgan fingerprint density at radius 1 is 0.962 bits per heavy atom. The van der Waals surface area contributed by atoms with E-state index < -0.39 is 18.1 Å². The lowest BCUT2D eigenvalue weighted by atomic mass is 10.2. The van der Waals surface area contributed by atoms with Gasteiger partial charge in [0.1, 0.15) is 12.6 Å². The Kier molecular flexibility index (Phi) is 5.86. The molecule has 2 atom stereocenters. The number of hydrogen-bond donors (Lipinski definition) is 1. The third kappa shape index (κ3) is 4.61. The van der Waals surface area contributed by atoms with Crippen LogP contribution in [0.5, 0.6) is 0 Å². The van der Waals surface area contributed by atoms with Crippen molar-refractivity contribution in [3.63, 3.8) is 0 Å². The van der Waals surface area contributed by atoms with E-state index in [-0.39, 0.29) is 25.7 Å². The summed E-state index contributed by atoms with van der Waals surface area (Å²) >= 11 is 0. The average Bonchev–Trinajstić information content (AvgIpc) is 3.11. The zero-order valence-electron chi connectivity index (χ0n) is 14.3. The molecule has 1 saturated heterocycles. The van der Waals surface area contributed by atoms with E-state index in [4.69, 9.17) is 9.47 Å². The normalized spacial score (nSPS) is 19.3. The zero-order chi connectivity index (χ0) is 18.4. The highest BCUT2D eigenvalue weighted by Gasteiger charge is 2.41. The van der Waals surface area contributed by atoms with Gasteiger partial charge in [0, 0.05) is 6.42 Å². The quantitative estimate of drug-likeness (QED) is 0.862. The SMILES string of the molecule is O=C(O)C1CC(OCc2ccccc2)CN1C(=O)OCc1ccccc1. The standard InChI is InChI=1S/C20H21NO5/c22-19(23)18-11-17(25-13-15-7-3-1-4-8-15)12-21(18)20(24)26-14-16-9-5-2-6-10-16/h1-10,17-18H,11-14H2,(H,22,23). The minimum atomic E-state index is -1.05. The second-order valence-corrected chi connectivity index (χ2v) is 6.20. The number of aliphatic carboxylic acids is 1. The van der Waals surface area contributed by atoms with Crippen LogP contribution in [-0.2, 0) is 27.5 Å². The van der Waals surface area contributed by atoms with Gasteiger partial charge in [-0.25, -0.2) is 9.59 Å². The van der Waals surface area contributed by atoms with Gasteiger partial charge in [0.2, 0.25) is 0 Å². The van der Waals surface area contributed by atoms with E-state index in [1.165, 1.54) is 4.90 Å². The van der Waals surface area contributed by atoms with Crippen molar-refractivity contribution < 1.29 is 24.2 Å². The topological polar surface area (TPSA) is 76.1 Å². The maximum Gasteiger partial charge on any atom is 0.410 e. The van der Waals surface area contributed by atoms with E-state index in [9.17, 15) is 14.7 Å². The number of ether oxygens (including phenoxy) is 2. The van der Waals surface area contributed by atoms with Gasteiger partial charge in [-0.05, 0) is 11.1 Å². The number of likely N-dealkylation sites (tertiary alicyclic amines) is 1. The Morgan fingerprint density at radius 2 is 1.54 bits per heavy atom. The molecule has 0 saturated carbocycles. The Balaban J connectivity index is 1.56. The molecular weight excluding hydrogens is 334 g/mol. The minimum absolute atomic E-state index is 0.109. The van der Waals surface area contributed by atoms with Gasteiger partial charge in [0.25, 0.3) is 0 Å². The van der Waals surface area contributed by atoms with Crippen molar-refractivity contribution in [2.75, 3.05) is 6.54 Å². The van der Waals surface area contributed by atoms with Crippen molar-refractivity contribution in [2.24, 2.45) is 0 Å². The fourth-order valence-corrected chi connectivity index (χ4v) is 2.94. The number of carbonyl (C=O) groups excluding carboxylic acids is 1. The molecule has 1 heterocycles. The van der Waals surface area contributed by atoms with Crippen molar-refractivity contribution in [1.82, 2.24) is 4.90 Å². The summed E-state index contributed by atoms with van der Waals surface area (Å²) in [7, 11) is 0. The van der Waals surface area contributed by atoms with Crippen LogP contribution in [0.2, 0.25) is 0 Å². The Labute approximate surface area is 152 Å². The molecule has 6 heteroatoms. The van der Waals surface area contributed by atoms with Gasteiger partial charge in [-0.15, -0.1) is 0 Å². The van der Waals surface area contributed by atoms with Crippen LogP contribution >= 0.6 is 0 Å². The highest BCUT2D eigenvalue weighted by molar-refractivity contribution is 5.80. The van der Waals surface area contributed by atoms with Crippen molar-refractivity contribution >= 4 is 12.1 Å². The number of nitrogens with zero attached hydrogens (tertiary/aromatic N) is 1. The maximum atomic E-state index is 12.3. The van der Waals surface area contributed by atoms with Crippen LogP contribution in [0.1, 0.15) is 17.5 Å². The van der Waals surface area contributed by atoms with E-state index in [2.05, 4.69) is 0 Å². The van der Waals surface area contributed by atoms with E-state index in [0.29, 0.717) is 6.61 Å². The number of hydrogen-bond acceptors (Lipinski definition) is 4. The molecule has 2 unspecified atom stereocenters. The van der Waals surface area contributed by atoms with Crippen molar-refractivity contribution in [3.05, 3.63) is 71.8 Å². The highest BCUT2D eigenvalue weighted by Crippen LogP contribution is 2.23. The molecule has 0 spiro atoms. The molecule has 0 bridgehead atoms. The van der Waals surface area contributed by atoms with Crippen molar-refractivity contribution in [2.45, 2.75) is 31.8 Å². The molecule has 1 aliphatic rings. The summed E-state index contributed by atoms with van der Waals surface area (Å²) in [6.45, 7) is 0.695. The van der Waals surface area contributed by atoms with Crippen LogP contribution < -0.4 is 0 Å². The van der Waals surface area contributed by atoms with Crippen LogP contribution in [-0.4, -0.2) is 40.8 Å². The van der Waals surface area contributed by atoms with Crippen molar-refractivity contribution in [3.8, 4) is 0 Å². The fourth-order valence-electron chi connectivity index (χ4n) is 2.94. The molecule has 0 aliphatic carbocycles. The summed E-state index contributed by atoms with van der Waals surface area (Å²) in [6, 6.07) is 18.0. The molecule has 1 N–H and O–H groups in total. The summed E-state index contributed by atoms with van der Waals surface area (Å²) < 4.78 is 11.1. The lowest BCUT2D eigenvalue weighted by Crippen LogP contribution is -2.40. The highest BCUT2D eigenvalue weighted by atomic mass is 16.6. The van der Waals surface area contributed by atoms with Gasteiger partial charge in [0.15, 0.2) is 0 Å². The average molecular weight is 355 g/mol. The van der Waals surface area contributed by atoms with E-state index >= 15 is 0 Å². The second kappa shape index (κ2) is 8.49. The lowest BCUT2D eigenvalue weighted by molar-refractivity contribution is -0.141. The third-order valence-electron chi connectivity index (χ3n) is 4.32. The van der Waals surface area contributed by atoms with Gasteiger partial charge in [0.05, 0.1) is 19.3 Å². The van der Waals surface area contributed by atoms with Gasteiger partial charge < -0.3 is 14.6 Å². The molecule has 1 amide bonds. The van der Waals surface area contributed by atoms with Crippen molar-refractivity contribution in [1.29, 1.82) is 0 Å². The first-order valence-electron chi connectivity index (χ1n) is 8.49. The van der Waals surface area contributed by atoms with Gasteiger partial charge in [-0.3, -0.25) is 4.90 Å². The number of rotatable bonds is 6. The van der Waals surface area contributed by atoms with Crippen LogP contribution in [0, 0.1) is 0 Å². The van der Waals surface area contributed by atoms with Crippen LogP contribution in [0.3, 0.4) is 0 Å². The van der Waals surface area contributed by atoms with E-state index in [0.717, 1.165) is 11.1 Å². The van der Waals surface area contributed by atoms with Gasteiger partial charge in [-0.1, -0.05) is 60.7 Å². The first kappa shape index (κ1) is 17.9. The predicted octanol–water partition coefficient (Wildman–Crippen LogP) is 3.07. The van der Waals surface area contributed by atoms with Gasteiger partial charge >= 0.3 is 12.1 Å². The molecule has 0 radical (unpaired) electrons. The third-order valence-corrected chi connectivity index (χ3v) is 4.32. The minimum Gasteiger partial charge on any atom is -0.480 e. The summed E-state index contributed by atoms with van der Waals surface area (Å²) in [5, 5.41) is 9.42. The molecule has 26 heavy (non-hydrogen) atoms. The number of carboxylic acid groups (broad SMARTS) is 1. The molecule has 1 fully saturated rings. The first-order valence-corrected chi connectivity index (χ1v) is 8.49. The molecule has 6 nitrogen and oxygen atoms in total. The largest absolute Gasteiger partial charge is 0.480 e. The molecular formula is C20H21NO5.